The van der Waals surface area contributed by atoms with Crippen LogP contribution in [-0.4, -0.2) is 14.2 Å². The van der Waals surface area contributed by atoms with E-state index in [2.05, 4.69) is 92.8 Å². The summed E-state index contributed by atoms with van der Waals surface area (Å²) < 4.78 is 33.1. The molecular formula is C41H33FO3. The minimum atomic E-state index is -0.894. The van der Waals surface area contributed by atoms with Gasteiger partial charge in [-0.1, -0.05) is 92.7 Å². The van der Waals surface area contributed by atoms with Crippen molar-refractivity contribution in [2.75, 3.05) is 14.2 Å². The van der Waals surface area contributed by atoms with Crippen molar-refractivity contribution in [3.8, 4) is 39.5 Å². The van der Waals surface area contributed by atoms with Crippen molar-refractivity contribution in [2.24, 2.45) is 0 Å². The summed E-state index contributed by atoms with van der Waals surface area (Å²) in [5, 5.41) is 1.99. The molecule has 4 heteroatoms. The smallest absolute Gasteiger partial charge is 0.174 e. The fourth-order valence-electron chi connectivity index (χ4n) is 7.55. The number of hydrogen-bond donors (Lipinski definition) is 0. The summed E-state index contributed by atoms with van der Waals surface area (Å²) in [5.74, 6) is 1.81. The zero-order valence-corrected chi connectivity index (χ0v) is 25.8. The summed E-state index contributed by atoms with van der Waals surface area (Å²) in [5.41, 5.74) is 9.09. The lowest BCUT2D eigenvalue weighted by atomic mass is 9.76. The van der Waals surface area contributed by atoms with Crippen LogP contribution in [-0.2, 0) is 11.0 Å². The zero-order valence-electron chi connectivity index (χ0n) is 25.8. The number of methoxy groups -OCH3 is 2. The molecule has 1 aliphatic heterocycles. The topological polar surface area (TPSA) is 27.7 Å². The molecule has 0 amide bonds. The first kappa shape index (κ1) is 27.5. The van der Waals surface area contributed by atoms with Gasteiger partial charge in [0.25, 0.3) is 0 Å². The van der Waals surface area contributed by atoms with Gasteiger partial charge in [0.1, 0.15) is 11.6 Å². The number of benzene rings is 5. The van der Waals surface area contributed by atoms with Gasteiger partial charge in [0.05, 0.1) is 14.2 Å². The fraction of sp³-hybridized carbons (Fsp3) is 0.171. The molecule has 1 unspecified atom stereocenters. The van der Waals surface area contributed by atoms with Crippen molar-refractivity contribution in [2.45, 2.75) is 31.3 Å². The van der Waals surface area contributed by atoms with Gasteiger partial charge < -0.3 is 14.2 Å². The Morgan fingerprint density at radius 3 is 2.22 bits per heavy atom. The normalized spacial score (nSPS) is 18.6. The molecule has 1 atom stereocenters. The molecule has 8 rings (SSSR count). The van der Waals surface area contributed by atoms with Gasteiger partial charge in [-0.15, -0.1) is 0 Å². The van der Waals surface area contributed by atoms with Crippen LogP contribution in [0.3, 0.4) is 0 Å². The SMILES string of the molecule is COc1cc2c3c(c4c(c2cc1OC)-c1ccc(-c2ccccc2)cc1C4(C)C)C=CC(C1=CC=CC1)(c1ccc(F)cc1)O3. The summed E-state index contributed by atoms with van der Waals surface area (Å²) in [4.78, 5) is 0. The first-order valence-corrected chi connectivity index (χ1v) is 15.3. The summed E-state index contributed by atoms with van der Waals surface area (Å²) in [6.45, 7) is 4.61. The zero-order chi connectivity index (χ0) is 30.9. The van der Waals surface area contributed by atoms with Gasteiger partial charge >= 0.3 is 0 Å². The maximum atomic E-state index is 14.1. The van der Waals surface area contributed by atoms with Gasteiger partial charge in [-0.2, -0.15) is 0 Å². The molecule has 3 nitrogen and oxygen atoms in total. The predicted octanol–water partition coefficient (Wildman–Crippen LogP) is 10.2. The molecule has 222 valence electrons. The molecule has 0 aromatic heterocycles. The van der Waals surface area contributed by atoms with E-state index in [1.54, 1.807) is 14.2 Å². The van der Waals surface area contributed by atoms with Crippen molar-refractivity contribution in [3.63, 3.8) is 0 Å². The summed E-state index contributed by atoms with van der Waals surface area (Å²) in [6, 6.07) is 28.1. The lowest BCUT2D eigenvalue weighted by Gasteiger charge is -2.39. The average molecular weight is 593 g/mol. The number of halogens is 1. The summed E-state index contributed by atoms with van der Waals surface area (Å²) in [7, 11) is 3.33. The quantitative estimate of drug-likeness (QED) is 0.203. The second-order valence-electron chi connectivity index (χ2n) is 12.5. The Bertz CT molecular complexity index is 2100. The van der Waals surface area contributed by atoms with Gasteiger partial charge in [0.2, 0.25) is 0 Å². The highest BCUT2D eigenvalue weighted by Gasteiger charge is 2.45. The van der Waals surface area contributed by atoms with Crippen LogP contribution in [0.4, 0.5) is 4.39 Å². The van der Waals surface area contributed by atoms with Crippen LogP contribution in [0.15, 0.2) is 115 Å². The molecule has 2 aliphatic carbocycles. The van der Waals surface area contributed by atoms with Gasteiger partial charge in [-0.05, 0) is 87.2 Å². The second kappa shape index (κ2) is 9.97. The van der Waals surface area contributed by atoms with Crippen molar-refractivity contribution in [1.82, 2.24) is 0 Å². The molecule has 0 fully saturated rings. The van der Waals surface area contributed by atoms with Gasteiger partial charge in [-0.3, -0.25) is 0 Å². The molecule has 5 aromatic carbocycles. The maximum Gasteiger partial charge on any atom is 0.174 e. The maximum absolute atomic E-state index is 14.1. The van der Waals surface area contributed by atoms with E-state index < -0.39 is 5.60 Å². The molecule has 5 aromatic rings. The number of rotatable bonds is 5. The van der Waals surface area contributed by atoms with Crippen LogP contribution in [0.5, 0.6) is 17.2 Å². The van der Waals surface area contributed by atoms with Crippen molar-refractivity contribution in [3.05, 3.63) is 143 Å². The molecule has 0 saturated heterocycles. The highest BCUT2D eigenvalue weighted by Crippen LogP contribution is 2.59. The molecule has 3 aliphatic rings. The second-order valence-corrected chi connectivity index (χ2v) is 12.5. The Labute approximate surface area is 262 Å². The highest BCUT2D eigenvalue weighted by atomic mass is 19.1. The molecule has 0 N–H and O–H groups in total. The Hall–Kier alpha value is -5.09. The lowest BCUT2D eigenvalue weighted by Crippen LogP contribution is -2.35. The first-order chi connectivity index (χ1) is 21.9. The van der Waals surface area contributed by atoms with Crippen LogP contribution >= 0.6 is 0 Å². The standard InChI is InChI=1S/C41H33FO3/c1-40(2)34-22-26(25-10-6-5-7-11-25)14-19-30(34)37-32-23-35(43-3)36(44-4)24-33(32)39-31(38(37)40)20-21-41(45-39,27-12-8-9-13-27)28-15-17-29(42)18-16-28/h5-12,14-24H,13H2,1-4H3. The van der Waals surface area contributed by atoms with Crippen LogP contribution in [0, 0.1) is 5.82 Å². The summed E-state index contributed by atoms with van der Waals surface area (Å²) >= 11 is 0. The van der Waals surface area contributed by atoms with Crippen LogP contribution in [0.1, 0.15) is 42.5 Å². The third kappa shape index (κ3) is 3.95. The number of ether oxygens (including phenoxy) is 3. The van der Waals surface area contributed by atoms with E-state index in [-0.39, 0.29) is 11.2 Å². The molecular weight excluding hydrogens is 559 g/mol. The third-order valence-electron chi connectivity index (χ3n) is 9.77. The van der Waals surface area contributed by atoms with Gasteiger partial charge in [0.15, 0.2) is 17.1 Å². The Kier molecular flexibility index (Phi) is 6.08. The summed E-state index contributed by atoms with van der Waals surface area (Å²) in [6.07, 6.45) is 11.4. The molecule has 0 bridgehead atoms. The Morgan fingerprint density at radius 1 is 0.800 bits per heavy atom. The van der Waals surface area contributed by atoms with E-state index in [1.165, 1.54) is 45.5 Å². The molecule has 45 heavy (non-hydrogen) atoms. The van der Waals surface area contributed by atoms with Gasteiger partial charge in [-0.25, -0.2) is 4.39 Å². The van der Waals surface area contributed by atoms with Crippen molar-refractivity contribution < 1.29 is 18.6 Å². The van der Waals surface area contributed by atoms with E-state index in [9.17, 15) is 4.39 Å². The van der Waals surface area contributed by atoms with E-state index in [0.717, 1.165) is 39.6 Å². The van der Waals surface area contributed by atoms with Gasteiger partial charge in [0, 0.05) is 21.9 Å². The number of allylic oxidation sites excluding steroid dienone is 3. The fourth-order valence-corrected chi connectivity index (χ4v) is 7.55. The molecule has 0 saturated carbocycles. The van der Waals surface area contributed by atoms with E-state index in [0.29, 0.717) is 11.5 Å². The van der Waals surface area contributed by atoms with Crippen LogP contribution in [0.25, 0.3) is 39.1 Å². The van der Waals surface area contributed by atoms with E-state index in [4.69, 9.17) is 14.2 Å². The van der Waals surface area contributed by atoms with E-state index in [1.807, 2.05) is 24.3 Å². The Balaban J connectivity index is 1.43. The highest BCUT2D eigenvalue weighted by molar-refractivity contribution is 6.09. The number of fused-ring (bicyclic) bond motifs is 8. The molecule has 0 spiro atoms. The minimum Gasteiger partial charge on any atom is -0.493 e. The largest absolute Gasteiger partial charge is 0.493 e. The van der Waals surface area contributed by atoms with Crippen molar-refractivity contribution >= 4 is 16.8 Å². The monoisotopic (exact) mass is 592 g/mol. The minimum absolute atomic E-state index is 0.276. The average Bonchev–Trinajstić information content (AvgIpc) is 3.70. The van der Waals surface area contributed by atoms with Crippen LogP contribution < -0.4 is 14.2 Å². The Morgan fingerprint density at radius 2 is 1.53 bits per heavy atom. The van der Waals surface area contributed by atoms with Crippen molar-refractivity contribution in [1.29, 1.82) is 0 Å². The lowest BCUT2D eigenvalue weighted by molar-refractivity contribution is 0.156. The molecule has 1 heterocycles. The number of hydrogen-bond acceptors (Lipinski definition) is 3. The first-order valence-electron chi connectivity index (χ1n) is 15.3. The van der Waals surface area contributed by atoms with Crippen LogP contribution in [0.2, 0.25) is 0 Å². The van der Waals surface area contributed by atoms with E-state index >= 15 is 0 Å². The predicted molar refractivity (Wildman–Crippen MR) is 180 cm³/mol. The third-order valence-corrected chi connectivity index (χ3v) is 9.77. The molecule has 0 radical (unpaired) electrons.